The van der Waals surface area contributed by atoms with Gasteiger partial charge in [0, 0.05) is 12.7 Å². The molecule has 3 aromatic rings. The smallest absolute Gasteiger partial charge is 0.237 e. The van der Waals surface area contributed by atoms with E-state index in [1.807, 2.05) is 63.6 Å². The molecule has 0 bridgehead atoms. The van der Waals surface area contributed by atoms with Crippen LogP contribution in [0.25, 0.3) is 11.4 Å². The van der Waals surface area contributed by atoms with Gasteiger partial charge in [0.2, 0.25) is 5.91 Å². The summed E-state index contributed by atoms with van der Waals surface area (Å²) in [7, 11) is 1.89. The van der Waals surface area contributed by atoms with E-state index in [1.165, 1.54) is 11.8 Å². The second-order valence-corrected chi connectivity index (χ2v) is 7.63. The molecular weight excluding hydrogens is 348 g/mol. The van der Waals surface area contributed by atoms with Crippen molar-refractivity contribution >= 4 is 23.4 Å². The largest absolute Gasteiger partial charge is 0.469 e. The van der Waals surface area contributed by atoms with Crippen molar-refractivity contribution in [3.05, 3.63) is 47.4 Å². The third kappa shape index (κ3) is 3.67. The number of hydrogen-bond acceptors (Lipinski definition) is 5. The van der Waals surface area contributed by atoms with Gasteiger partial charge in [-0.05, 0) is 51.0 Å². The zero-order valence-corrected chi connectivity index (χ0v) is 16.3. The van der Waals surface area contributed by atoms with Crippen LogP contribution in [0.3, 0.4) is 0 Å². The molecular formula is C19H22N4O2S. The van der Waals surface area contributed by atoms with E-state index in [0.717, 1.165) is 34.0 Å². The van der Waals surface area contributed by atoms with Crippen LogP contribution < -0.4 is 5.32 Å². The van der Waals surface area contributed by atoms with Gasteiger partial charge in [-0.2, -0.15) is 0 Å². The van der Waals surface area contributed by atoms with Gasteiger partial charge in [-0.25, -0.2) is 0 Å². The van der Waals surface area contributed by atoms with E-state index in [1.54, 1.807) is 6.26 Å². The molecule has 0 spiro atoms. The van der Waals surface area contributed by atoms with Crippen molar-refractivity contribution < 1.29 is 9.21 Å². The standard InChI is InChI=1S/C19H22N4O2S/c1-11-6-7-12(2)16(10-11)20-18(24)14(4)26-19-22-21-17(23(19)5)15-8-9-25-13(15)3/h6-10,14H,1-5H3,(H,20,24)/t14-/m1/s1. The normalized spacial score (nSPS) is 12.2. The van der Waals surface area contributed by atoms with Gasteiger partial charge in [-0.1, -0.05) is 23.9 Å². The minimum atomic E-state index is -0.309. The molecule has 7 heteroatoms. The molecule has 0 saturated heterocycles. The zero-order valence-electron chi connectivity index (χ0n) is 15.5. The third-order valence-corrected chi connectivity index (χ3v) is 5.37. The third-order valence-electron chi connectivity index (χ3n) is 4.24. The molecule has 0 saturated carbocycles. The van der Waals surface area contributed by atoms with Gasteiger partial charge in [0.15, 0.2) is 11.0 Å². The first-order valence-corrected chi connectivity index (χ1v) is 9.23. The Hall–Kier alpha value is -2.54. The second kappa shape index (κ2) is 7.37. The number of hydrogen-bond donors (Lipinski definition) is 1. The Morgan fingerprint density at radius 2 is 2.00 bits per heavy atom. The lowest BCUT2D eigenvalue weighted by atomic mass is 10.1. The van der Waals surface area contributed by atoms with Crippen LogP contribution in [0.4, 0.5) is 5.69 Å². The highest BCUT2D eigenvalue weighted by Gasteiger charge is 2.21. The van der Waals surface area contributed by atoms with E-state index in [9.17, 15) is 4.79 Å². The number of carbonyl (C=O) groups excluding carboxylic acids is 1. The number of amides is 1. The number of nitrogens with zero attached hydrogens (tertiary/aromatic N) is 3. The summed E-state index contributed by atoms with van der Waals surface area (Å²) in [5.41, 5.74) is 3.90. The summed E-state index contributed by atoms with van der Waals surface area (Å²) < 4.78 is 7.22. The van der Waals surface area contributed by atoms with Gasteiger partial charge >= 0.3 is 0 Å². The van der Waals surface area contributed by atoms with Gasteiger partial charge < -0.3 is 14.3 Å². The summed E-state index contributed by atoms with van der Waals surface area (Å²) in [6.07, 6.45) is 1.63. The lowest BCUT2D eigenvalue weighted by Gasteiger charge is -2.13. The number of thioether (sulfide) groups is 1. The lowest BCUT2D eigenvalue weighted by Crippen LogP contribution is -2.23. The topological polar surface area (TPSA) is 73.0 Å². The van der Waals surface area contributed by atoms with Crippen LogP contribution in [0.5, 0.6) is 0 Å². The van der Waals surface area contributed by atoms with Crippen LogP contribution in [-0.4, -0.2) is 25.9 Å². The number of anilines is 1. The average Bonchev–Trinajstić information content (AvgIpc) is 3.17. The highest BCUT2D eigenvalue weighted by Crippen LogP contribution is 2.28. The Kier molecular flexibility index (Phi) is 5.18. The number of nitrogens with one attached hydrogen (secondary N) is 1. The summed E-state index contributed by atoms with van der Waals surface area (Å²) in [5.74, 6) is 1.45. The molecule has 3 rings (SSSR count). The van der Waals surface area contributed by atoms with Crippen LogP contribution in [-0.2, 0) is 11.8 Å². The van der Waals surface area contributed by atoms with E-state index >= 15 is 0 Å². The summed E-state index contributed by atoms with van der Waals surface area (Å²) in [6, 6.07) is 7.88. The molecule has 0 aliphatic carbocycles. The minimum absolute atomic E-state index is 0.0623. The average molecular weight is 370 g/mol. The molecule has 1 aromatic carbocycles. The summed E-state index contributed by atoms with van der Waals surface area (Å²) in [4.78, 5) is 12.6. The van der Waals surface area contributed by atoms with Gasteiger partial charge in [0.05, 0.1) is 17.1 Å². The van der Waals surface area contributed by atoms with Crippen LogP contribution in [0.1, 0.15) is 23.8 Å². The predicted molar refractivity (Wildman–Crippen MR) is 103 cm³/mol. The van der Waals surface area contributed by atoms with Crippen LogP contribution >= 0.6 is 11.8 Å². The molecule has 26 heavy (non-hydrogen) atoms. The van der Waals surface area contributed by atoms with E-state index in [0.29, 0.717) is 5.16 Å². The minimum Gasteiger partial charge on any atom is -0.469 e. The first kappa shape index (κ1) is 18.3. The molecule has 0 unspecified atom stereocenters. The maximum absolute atomic E-state index is 12.6. The number of carbonyl (C=O) groups is 1. The van der Waals surface area contributed by atoms with Gasteiger partial charge in [-0.15, -0.1) is 10.2 Å². The molecule has 1 amide bonds. The number of rotatable bonds is 5. The van der Waals surface area contributed by atoms with E-state index < -0.39 is 0 Å². The fraction of sp³-hybridized carbons (Fsp3) is 0.316. The molecule has 136 valence electrons. The Bertz CT molecular complexity index is 945. The van der Waals surface area contributed by atoms with Gasteiger partial charge in [-0.3, -0.25) is 4.79 Å². The Morgan fingerprint density at radius 3 is 2.69 bits per heavy atom. The Balaban J connectivity index is 1.73. The van der Waals surface area contributed by atoms with Gasteiger partial charge in [0.1, 0.15) is 5.76 Å². The first-order valence-electron chi connectivity index (χ1n) is 8.35. The van der Waals surface area contributed by atoms with Crippen LogP contribution in [0.2, 0.25) is 0 Å². The molecule has 1 atom stereocenters. The molecule has 6 nitrogen and oxygen atoms in total. The van der Waals surface area contributed by atoms with Gasteiger partial charge in [0.25, 0.3) is 0 Å². The van der Waals surface area contributed by atoms with Crippen LogP contribution in [0.15, 0.2) is 40.1 Å². The van der Waals surface area contributed by atoms with Crippen molar-refractivity contribution in [2.24, 2.45) is 7.05 Å². The zero-order chi connectivity index (χ0) is 18.8. The Labute approximate surface area is 157 Å². The van der Waals surface area contributed by atoms with Crippen LogP contribution in [0, 0.1) is 20.8 Å². The van der Waals surface area contributed by atoms with E-state index in [-0.39, 0.29) is 11.2 Å². The predicted octanol–water partition coefficient (Wildman–Crippen LogP) is 4.12. The molecule has 0 aliphatic heterocycles. The van der Waals surface area contributed by atoms with E-state index in [2.05, 4.69) is 15.5 Å². The number of aryl methyl sites for hydroxylation is 3. The highest BCUT2D eigenvalue weighted by molar-refractivity contribution is 8.00. The number of furan rings is 1. The molecule has 0 radical (unpaired) electrons. The van der Waals surface area contributed by atoms with Crippen molar-refractivity contribution in [1.29, 1.82) is 0 Å². The molecule has 1 N–H and O–H groups in total. The summed E-state index contributed by atoms with van der Waals surface area (Å²) in [6.45, 7) is 7.74. The maximum Gasteiger partial charge on any atom is 0.237 e. The molecule has 2 heterocycles. The lowest BCUT2D eigenvalue weighted by molar-refractivity contribution is -0.115. The number of aromatic nitrogens is 3. The van der Waals surface area contributed by atoms with Crippen molar-refractivity contribution in [3.63, 3.8) is 0 Å². The monoisotopic (exact) mass is 370 g/mol. The maximum atomic E-state index is 12.6. The van der Waals surface area contributed by atoms with E-state index in [4.69, 9.17) is 4.42 Å². The highest BCUT2D eigenvalue weighted by atomic mass is 32.2. The number of benzene rings is 1. The van der Waals surface area contributed by atoms with Crippen molar-refractivity contribution in [2.75, 3.05) is 5.32 Å². The first-order chi connectivity index (χ1) is 12.4. The SMILES string of the molecule is Cc1ccc(C)c(NC(=O)[C@@H](C)Sc2nnc(-c3ccoc3C)n2C)c1. The Morgan fingerprint density at radius 1 is 1.23 bits per heavy atom. The molecule has 0 aliphatic rings. The molecule has 2 aromatic heterocycles. The fourth-order valence-corrected chi connectivity index (χ4v) is 3.40. The summed E-state index contributed by atoms with van der Waals surface area (Å²) >= 11 is 1.38. The van der Waals surface area contributed by atoms with Crippen molar-refractivity contribution in [2.45, 2.75) is 38.1 Å². The second-order valence-electron chi connectivity index (χ2n) is 6.32. The van der Waals surface area contributed by atoms with Crippen molar-refractivity contribution in [3.8, 4) is 11.4 Å². The molecule has 0 fully saturated rings. The summed E-state index contributed by atoms with van der Waals surface area (Å²) in [5, 5.41) is 11.8. The fourth-order valence-electron chi connectivity index (χ4n) is 2.59. The van der Waals surface area contributed by atoms with Crippen molar-refractivity contribution in [1.82, 2.24) is 14.8 Å². The quantitative estimate of drug-likeness (QED) is 0.684.